The molecule has 0 spiro atoms. The molecular weight excluding hydrogens is 488 g/mol. The second-order valence-electron chi connectivity index (χ2n) is 10.9. The van der Waals surface area contributed by atoms with Crippen LogP contribution in [-0.4, -0.2) is 63.8 Å². The molecule has 4 atom stereocenters. The van der Waals surface area contributed by atoms with Crippen LogP contribution in [0, 0.1) is 35.5 Å². The first-order chi connectivity index (χ1) is 18.6. The third-order valence-corrected chi connectivity index (χ3v) is 8.47. The molecule has 0 aromatic rings. The number of hydrogen-bond acceptors (Lipinski definition) is 7. The number of carbonyl (C=O) groups is 3. The van der Waals surface area contributed by atoms with E-state index in [0.29, 0.717) is 48.7 Å². The normalized spacial score (nSPS) is 31.7. The van der Waals surface area contributed by atoms with Crippen molar-refractivity contribution in [3.63, 3.8) is 0 Å². The monoisotopic (exact) mass is 532 g/mol. The zero-order chi connectivity index (χ0) is 26.7. The molecule has 4 aliphatic carbocycles. The maximum Gasteiger partial charge on any atom is 0.407 e. The van der Waals surface area contributed by atoms with Crippen molar-refractivity contribution in [3.05, 3.63) is 24.3 Å². The zero-order valence-electron chi connectivity index (χ0n) is 22.3. The molecular formula is C28H44N4O6. The van der Waals surface area contributed by atoms with Gasteiger partial charge in [0.1, 0.15) is 6.10 Å². The molecule has 0 heterocycles. The number of carbonyl (C=O) groups excluding carboxylic acids is 3. The lowest BCUT2D eigenvalue weighted by Crippen LogP contribution is -2.45. The Balaban J connectivity index is 1.15. The van der Waals surface area contributed by atoms with Crippen LogP contribution in [0.2, 0.25) is 0 Å². The predicted molar refractivity (Wildman–Crippen MR) is 142 cm³/mol. The Labute approximate surface area is 225 Å². The van der Waals surface area contributed by atoms with E-state index >= 15 is 0 Å². The average molecular weight is 533 g/mol. The third kappa shape index (κ3) is 8.64. The number of alkyl carbamates (subject to hydrolysis) is 3. The van der Waals surface area contributed by atoms with Gasteiger partial charge in [0.25, 0.3) is 0 Å². The van der Waals surface area contributed by atoms with Crippen molar-refractivity contribution in [1.29, 1.82) is 0 Å². The Kier molecular flexibility index (Phi) is 10.7. The molecule has 10 nitrogen and oxygen atoms in total. The van der Waals surface area contributed by atoms with Crippen molar-refractivity contribution in [3.8, 4) is 0 Å². The van der Waals surface area contributed by atoms with Crippen molar-refractivity contribution in [2.45, 2.75) is 57.5 Å². The number of allylic oxidation sites excluding steroid dienone is 4. The van der Waals surface area contributed by atoms with E-state index in [4.69, 9.17) is 19.9 Å². The SMILES string of the molecule is NCCNC(=O)OC(CNC(=O)OCC1C2CC/C=C\CCC21)CNC(=O)OCC1C2CC/C=C\CCC21. The van der Waals surface area contributed by atoms with Crippen LogP contribution in [-0.2, 0) is 14.2 Å². The largest absolute Gasteiger partial charge is 0.449 e. The van der Waals surface area contributed by atoms with E-state index in [2.05, 4.69) is 40.3 Å². The van der Waals surface area contributed by atoms with Gasteiger partial charge in [0, 0.05) is 13.1 Å². The summed E-state index contributed by atoms with van der Waals surface area (Å²) in [6.45, 7) is 1.32. The molecule has 0 radical (unpaired) electrons. The second-order valence-corrected chi connectivity index (χ2v) is 10.9. The Hall–Kier alpha value is -2.75. The maximum absolute atomic E-state index is 12.3. The van der Waals surface area contributed by atoms with Crippen LogP contribution >= 0.6 is 0 Å². The summed E-state index contributed by atoms with van der Waals surface area (Å²) in [6, 6.07) is 0. The minimum absolute atomic E-state index is 0.00360. The summed E-state index contributed by atoms with van der Waals surface area (Å²) in [5.74, 6) is 3.38. The summed E-state index contributed by atoms with van der Waals surface area (Å²) < 4.78 is 16.3. The summed E-state index contributed by atoms with van der Waals surface area (Å²) in [7, 11) is 0. The molecule has 2 saturated carbocycles. The van der Waals surface area contributed by atoms with Crippen molar-refractivity contribution in [2.75, 3.05) is 39.4 Å². The molecule has 4 rings (SSSR count). The molecule has 212 valence electrons. The minimum atomic E-state index is -0.795. The number of fused-ring (bicyclic) bond motifs is 2. The van der Waals surface area contributed by atoms with Crippen molar-refractivity contribution in [2.24, 2.45) is 41.2 Å². The Morgan fingerprint density at radius 2 is 1.11 bits per heavy atom. The molecule has 0 aromatic carbocycles. The molecule has 3 amide bonds. The van der Waals surface area contributed by atoms with Gasteiger partial charge in [0.15, 0.2) is 0 Å². The summed E-state index contributed by atoms with van der Waals surface area (Å²) >= 11 is 0. The van der Waals surface area contributed by atoms with E-state index in [0.717, 1.165) is 51.4 Å². The van der Waals surface area contributed by atoms with Crippen molar-refractivity contribution < 1.29 is 28.6 Å². The smallest absolute Gasteiger partial charge is 0.407 e. The van der Waals surface area contributed by atoms with Gasteiger partial charge in [-0.1, -0.05) is 24.3 Å². The van der Waals surface area contributed by atoms with E-state index < -0.39 is 24.4 Å². The lowest BCUT2D eigenvalue weighted by atomic mass is 10.1. The lowest BCUT2D eigenvalue weighted by Gasteiger charge is -2.19. The molecule has 0 aliphatic heterocycles. The first-order valence-corrected chi connectivity index (χ1v) is 14.3. The highest BCUT2D eigenvalue weighted by Crippen LogP contribution is 2.53. The van der Waals surface area contributed by atoms with Gasteiger partial charge in [-0.25, -0.2) is 14.4 Å². The van der Waals surface area contributed by atoms with Gasteiger partial charge in [-0.05, 0) is 86.9 Å². The second kappa shape index (κ2) is 14.4. The van der Waals surface area contributed by atoms with E-state index in [1.165, 1.54) is 0 Å². The fourth-order valence-electron chi connectivity index (χ4n) is 6.24. The van der Waals surface area contributed by atoms with Crippen LogP contribution in [0.5, 0.6) is 0 Å². The first kappa shape index (κ1) is 28.3. The topological polar surface area (TPSA) is 141 Å². The molecule has 2 fully saturated rings. The van der Waals surface area contributed by atoms with Crippen LogP contribution in [0.1, 0.15) is 51.4 Å². The van der Waals surface area contributed by atoms with Gasteiger partial charge >= 0.3 is 18.3 Å². The van der Waals surface area contributed by atoms with Crippen LogP contribution in [0.15, 0.2) is 24.3 Å². The Bertz CT molecular complexity index is 774. The maximum atomic E-state index is 12.3. The average Bonchev–Trinajstić information content (AvgIpc) is 3.74. The molecule has 0 aromatic heterocycles. The number of ether oxygens (including phenoxy) is 3. The van der Waals surface area contributed by atoms with Crippen LogP contribution in [0.3, 0.4) is 0 Å². The van der Waals surface area contributed by atoms with Gasteiger partial charge in [0.2, 0.25) is 0 Å². The predicted octanol–water partition coefficient (Wildman–Crippen LogP) is 3.48. The van der Waals surface area contributed by atoms with E-state index in [-0.39, 0.29) is 26.2 Å². The molecule has 0 bridgehead atoms. The standard InChI is InChI=1S/C28H44N4O6/c29-13-14-30-28(35)38-19(15-31-26(33)36-17-24-20-9-5-1-2-6-10-21(20)24)16-32-27(34)37-18-25-22-11-7-3-4-8-12-23(22)25/h1-4,19-25H,5-18,29H2,(H,30,35)(H,31,33)(H,32,34)/b2-1-,4-3-. The highest BCUT2D eigenvalue weighted by atomic mass is 16.6. The number of nitrogens with one attached hydrogen (secondary N) is 3. The van der Waals surface area contributed by atoms with Gasteiger partial charge in [0.05, 0.1) is 26.3 Å². The minimum Gasteiger partial charge on any atom is -0.449 e. The van der Waals surface area contributed by atoms with Gasteiger partial charge in [-0.3, -0.25) is 0 Å². The molecule has 0 saturated heterocycles. The zero-order valence-corrected chi connectivity index (χ0v) is 22.3. The number of rotatable bonds is 11. The van der Waals surface area contributed by atoms with Gasteiger partial charge < -0.3 is 35.9 Å². The highest BCUT2D eigenvalue weighted by Gasteiger charge is 2.50. The summed E-state index contributed by atoms with van der Waals surface area (Å²) in [5.41, 5.74) is 5.43. The van der Waals surface area contributed by atoms with Gasteiger partial charge in [-0.2, -0.15) is 0 Å². The van der Waals surface area contributed by atoms with Crippen molar-refractivity contribution >= 4 is 18.3 Å². The molecule has 4 unspecified atom stereocenters. The molecule has 38 heavy (non-hydrogen) atoms. The number of nitrogens with two attached hydrogens (primary N) is 1. The number of hydrogen-bond donors (Lipinski definition) is 4. The van der Waals surface area contributed by atoms with E-state index in [1.807, 2.05) is 0 Å². The van der Waals surface area contributed by atoms with Crippen LogP contribution < -0.4 is 21.7 Å². The third-order valence-electron chi connectivity index (χ3n) is 8.47. The lowest BCUT2D eigenvalue weighted by molar-refractivity contribution is 0.0860. The summed E-state index contributed by atoms with van der Waals surface area (Å²) in [4.78, 5) is 36.7. The summed E-state index contributed by atoms with van der Waals surface area (Å²) in [6.07, 6.45) is 15.3. The van der Waals surface area contributed by atoms with Crippen LogP contribution in [0.25, 0.3) is 0 Å². The van der Waals surface area contributed by atoms with E-state index in [9.17, 15) is 14.4 Å². The van der Waals surface area contributed by atoms with Crippen LogP contribution in [0.4, 0.5) is 14.4 Å². The number of amides is 3. The summed E-state index contributed by atoms with van der Waals surface area (Å²) in [5, 5.41) is 7.85. The fraction of sp³-hybridized carbons (Fsp3) is 0.750. The van der Waals surface area contributed by atoms with Gasteiger partial charge in [-0.15, -0.1) is 0 Å². The Morgan fingerprint density at radius 3 is 1.50 bits per heavy atom. The van der Waals surface area contributed by atoms with E-state index in [1.54, 1.807) is 0 Å². The quantitative estimate of drug-likeness (QED) is 0.236. The molecule has 10 heteroatoms. The molecule has 4 aliphatic rings. The first-order valence-electron chi connectivity index (χ1n) is 14.3. The Morgan fingerprint density at radius 1 is 0.684 bits per heavy atom. The fourth-order valence-corrected chi connectivity index (χ4v) is 6.24. The van der Waals surface area contributed by atoms with Crippen molar-refractivity contribution in [1.82, 2.24) is 16.0 Å². The molecule has 5 N–H and O–H groups in total. The highest BCUT2D eigenvalue weighted by molar-refractivity contribution is 5.69.